The maximum atomic E-state index is 6.14. The molecule has 0 saturated carbocycles. The summed E-state index contributed by atoms with van der Waals surface area (Å²) in [6.45, 7) is 9.05. The minimum absolute atomic E-state index is 0.651. The zero-order chi connectivity index (χ0) is 18.4. The number of hydrogen-bond acceptors (Lipinski definition) is 2. The molecule has 0 aliphatic heterocycles. The van der Waals surface area contributed by atoms with Gasteiger partial charge < -0.3 is 10.1 Å². The number of ether oxygens (including phenoxy) is 1. The summed E-state index contributed by atoms with van der Waals surface area (Å²) in [7, 11) is 0. The summed E-state index contributed by atoms with van der Waals surface area (Å²) in [6.07, 6.45) is 1.07. The van der Waals surface area contributed by atoms with Crippen molar-refractivity contribution >= 4 is 10.8 Å². The van der Waals surface area contributed by atoms with Gasteiger partial charge in [-0.3, -0.25) is 0 Å². The second kappa shape index (κ2) is 8.86. The highest BCUT2D eigenvalue weighted by Gasteiger charge is 2.09. The van der Waals surface area contributed by atoms with E-state index in [0.29, 0.717) is 5.92 Å². The zero-order valence-corrected chi connectivity index (χ0v) is 16.1. The van der Waals surface area contributed by atoms with E-state index < -0.39 is 0 Å². The largest absolute Gasteiger partial charge is 0.493 e. The molecule has 3 rings (SSSR count). The number of aryl methyl sites for hydroxylation is 1. The van der Waals surface area contributed by atoms with Gasteiger partial charge >= 0.3 is 0 Å². The van der Waals surface area contributed by atoms with E-state index in [1.165, 1.54) is 27.5 Å². The second-order valence-electron chi connectivity index (χ2n) is 7.32. The first-order valence-electron chi connectivity index (χ1n) is 9.54. The van der Waals surface area contributed by atoms with Crippen molar-refractivity contribution in [3.8, 4) is 5.75 Å². The van der Waals surface area contributed by atoms with E-state index in [1.807, 2.05) is 0 Å². The molecule has 0 aromatic heterocycles. The van der Waals surface area contributed by atoms with Crippen molar-refractivity contribution in [3.63, 3.8) is 0 Å². The smallest absolute Gasteiger partial charge is 0.124 e. The molecule has 0 radical (unpaired) electrons. The Morgan fingerprint density at radius 1 is 0.885 bits per heavy atom. The lowest BCUT2D eigenvalue weighted by molar-refractivity contribution is 0.286. The predicted molar refractivity (Wildman–Crippen MR) is 111 cm³/mol. The molecule has 0 fully saturated rings. The summed E-state index contributed by atoms with van der Waals surface area (Å²) >= 11 is 0. The molecule has 136 valence electrons. The van der Waals surface area contributed by atoms with Crippen molar-refractivity contribution in [1.82, 2.24) is 5.32 Å². The molecule has 1 N–H and O–H groups in total. The van der Waals surface area contributed by atoms with E-state index in [1.54, 1.807) is 0 Å². The van der Waals surface area contributed by atoms with Crippen molar-refractivity contribution in [2.75, 3.05) is 6.61 Å². The van der Waals surface area contributed by atoms with E-state index >= 15 is 0 Å². The molecule has 0 unspecified atom stereocenters. The highest BCUT2D eigenvalue weighted by atomic mass is 16.5. The molecule has 3 aromatic rings. The van der Waals surface area contributed by atoms with Crippen molar-refractivity contribution in [2.45, 2.75) is 40.3 Å². The summed E-state index contributed by atoms with van der Waals surface area (Å²) in [5.41, 5.74) is 3.92. The average Bonchev–Trinajstić information content (AvgIpc) is 2.64. The Hall–Kier alpha value is -2.32. The van der Waals surface area contributed by atoms with Crippen molar-refractivity contribution in [3.05, 3.63) is 77.4 Å². The SMILES string of the molecule is Cc1ccccc1CNCc1c(OCCC(C)C)ccc2ccccc12. The van der Waals surface area contributed by atoms with Gasteiger partial charge in [-0.05, 0) is 47.2 Å². The Bertz CT molecular complexity index is 854. The maximum absolute atomic E-state index is 6.14. The molecule has 3 aromatic carbocycles. The van der Waals surface area contributed by atoms with E-state index in [0.717, 1.165) is 31.9 Å². The summed E-state index contributed by atoms with van der Waals surface area (Å²) in [5, 5.41) is 6.14. The van der Waals surface area contributed by atoms with Crippen LogP contribution in [0.15, 0.2) is 60.7 Å². The van der Waals surface area contributed by atoms with Gasteiger partial charge in [0.2, 0.25) is 0 Å². The Labute approximate surface area is 157 Å². The summed E-state index contributed by atoms with van der Waals surface area (Å²) in [5.74, 6) is 1.65. The fraction of sp³-hybridized carbons (Fsp3) is 0.333. The Kier molecular flexibility index (Phi) is 6.30. The summed E-state index contributed by atoms with van der Waals surface area (Å²) in [6, 6.07) is 21.4. The van der Waals surface area contributed by atoms with Gasteiger partial charge in [0.15, 0.2) is 0 Å². The van der Waals surface area contributed by atoms with E-state index in [9.17, 15) is 0 Å². The molecule has 26 heavy (non-hydrogen) atoms. The van der Waals surface area contributed by atoms with Crippen LogP contribution in [0.4, 0.5) is 0 Å². The Balaban J connectivity index is 1.78. The van der Waals surface area contributed by atoms with Crippen LogP contribution in [0.3, 0.4) is 0 Å². The van der Waals surface area contributed by atoms with Crippen molar-refractivity contribution < 1.29 is 4.74 Å². The lowest BCUT2D eigenvalue weighted by atomic mass is 10.0. The zero-order valence-electron chi connectivity index (χ0n) is 16.1. The average molecular weight is 348 g/mol. The quantitative estimate of drug-likeness (QED) is 0.551. The summed E-state index contributed by atoms with van der Waals surface area (Å²) < 4.78 is 6.14. The third-order valence-electron chi connectivity index (χ3n) is 4.83. The van der Waals surface area contributed by atoms with Gasteiger partial charge in [0.1, 0.15) is 5.75 Å². The molecule has 0 amide bonds. The van der Waals surface area contributed by atoms with Crippen LogP contribution in [0.2, 0.25) is 0 Å². The maximum Gasteiger partial charge on any atom is 0.124 e. The molecule has 0 aliphatic rings. The third kappa shape index (κ3) is 4.64. The van der Waals surface area contributed by atoms with Crippen molar-refractivity contribution in [2.24, 2.45) is 5.92 Å². The van der Waals surface area contributed by atoms with E-state index in [4.69, 9.17) is 4.74 Å². The molecule has 0 saturated heterocycles. The van der Waals surface area contributed by atoms with E-state index in [2.05, 4.69) is 86.8 Å². The Morgan fingerprint density at radius 2 is 1.65 bits per heavy atom. The minimum Gasteiger partial charge on any atom is -0.493 e. The molecule has 0 spiro atoms. The second-order valence-corrected chi connectivity index (χ2v) is 7.32. The third-order valence-corrected chi connectivity index (χ3v) is 4.83. The van der Waals surface area contributed by atoms with Gasteiger partial charge in [0.05, 0.1) is 6.61 Å². The number of rotatable bonds is 8. The van der Waals surface area contributed by atoms with Crippen LogP contribution in [0.5, 0.6) is 5.75 Å². The van der Waals surface area contributed by atoms with Crippen LogP contribution >= 0.6 is 0 Å². The monoisotopic (exact) mass is 347 g/mol. The summed E-state index contributed by atoms with van der Waals surface area (Å²) in [4.78, 5) is 0. The van der Waals surface area contributed by atoms with Crippen LogP contribution in [-0.2, 0) is 13.1 Å². The fourth-order valence-corrected chi connectivity index (χ4v) is 3.17. The van der Waals surface area contributed by atoms with Crippen molar-refractivity contribution in [1.29, 1.82) is 0 Å². The highest BCUT2D eigenvalue weighted by molar-refractivity contribution is 5.87. The van der Waals surface area contributed by atoms with Gasteiger partial charge in [0.25, 0.3) is 0 Å². The number of benzene rings is 3. The fourth-order valence-electron chi connectivity index (χ4n) is 3.17. The van der Waals surface area contributed by atoms with Crippen LogP contribution in [-0.4, -0.2) is 6.61 Å². The number of fused-ring (bicyclic) bond motifs is 1. The van der Waals surface area contributed by atoms with Gasteiger partial charge in [-0.2, -0.15) is 0 Å². The lowest BCUT2D eigenvalue weighted by Gasteiger charge is -2.16. The predicted octanol–water partition coefficient (Wildman–Crippen LogP) is 5.86. The van der Waals surface area contributed by atoms with Crippen LogP contribution in [0, 0.1) is 12.8 Å². The highest BCUT2D eigenvalue weighted by Crippen LogP contribution is 2.28. The van der Waals surface area contributed by atoms with Crippen LogP contribution in [0.1, 0.15) is 37.0 Å². The molecule has 0 bridgehead atoms. The molecule has 0 atom stereocenters. The first-order valence-corrected chi connectivity index (χ1v) is 9.54. The topological polar surface area (TPSA) is 21.3 Å². The lowest BCUT2D eigenvalue weighted by Crippen LogP contribution is -2.15. The molecule has 0 aliphatic carbocycles. The molecular formula is C24H29NO. The molecule has 2 heteroatoms. The normalized spacial score (nSPS) is 11.2. The van der Waals surface area contributed by atoms with E-state index in [-0.39, 0.29) is 0 Å². The van der Waals surface area contributed by atoms with Gasteiger partial charge in [-0.1, -0.05) is 68.4 Å². The van der Waals surface area contributed by atoms with Gasteiger partial charge in [0, 0.05) is 18.7 Å². The van der Waals surface area contributed by atoms with Crippen LogP contribution in [0.25, 0.3) is 10.8 Å². The number of hydrogen-bond donors (Lipinski definition) is 1. The Morgan fingerprint density at radius 3 is 2.46 bits per heavy atom. The van der Waals surface area contributed by atoms with Gasteiger partial charge in [-0.15, -0.1) is 0 Å². The molecular weight excluding hydrogens is 318 g/mol. The van der Waals surface area contributed by atoms with Gasteiger partial charge in [-0.25, -0.2) is 0 Å². The molecule has 2 nitrogen and oxygen atoms in total. The first-order chi connectivity index (χ1) is 12.6. The minimum atomic E-state index is 0.651. The standard InChI is InChI=1S/C24H29NO/c1-18(2)14-15-26-24-13-12-20-9-6-7-11-22(20)23(24)17-25-16-21-10-5-4-8-19(21)3/h4-13,18,25H,14-17H2,1-3H3. The number of nitrogens with one attached hydrogen (secondary N) is 1. The van der Waals surface area contributed by atoms with Crippen LogP contribution < -0.4 is 10.1 Å². The first kappa shape index (κ1) is 18.5. The molecule has 0 heterocycles.